The van der Waals surface area contributed by atoms with Crippen molar-refractivity contribution in [2.45, 2.75) is 44.9 Å². The van der Waals surface area contributed by atoms with Crippen molar-refractivity contribution >= 4 is 16.8 Å². The van der Waals surface area contributed by atoms with Crippen LogP contribution in [0.3, 0.4) is 0 Å². The number of fused-ring (bicyclic) bond motifs is 1. The van der Waals surface area contributed by atoms with Gasteiger partial charge in [-0.2, -0.15) is 5.10 Å². The van der Waals surface area contributed by atoms with Gasteiger partial charge in [-0.15, -0.1) is 0 Å². The number of pyridine rings is 2. The number of likely N-dealkylation sites (tertiary alicyclic amines) is 1. The number of hydrogen-bond acceptors (Lipinski definition) is 6. The molecule has 8 heteroatoms. The van der Waals surface area contributed by atoms with Crippen LogP contribution >= 0.6 is 0 Å². The van der Waals surface area contributed by atoms with Gasteiger partial charge >= 0.3 is 0 Å². The molecule has 3 aromatic heterocycles. The van der Waals surface area contributed by atoms with Crippen molar-refractivity contribution in [3.8, 4) is 11.3 Å². The van der Waals surface area contributed by atoms with Crippen molar-refractivity contribution in [3.05, 3.63) is 78.4 Å². The van der Waals surface area contributed by atoms with E-state index in [2.05, 4.69) is 48.5 Å². The number of rotatable bonds is 6. The number of benzene rings is 1. The molecule has 4 heterocycles. The van der Waals surface area contributed by atoms with Crippen LogP contribution in [0.5, 0.6) is 0 Å². The third-order valence-corrected chi connectivity index (χ3v) is 6.54. The number of carbonyl (C=O) groups is 1. The predicted molar refractivity (Wildman–Crippen MR) is 135 cm³/mol. The van der Waals surface area contributed by atoms with E-state index in [4.69, 9.17) is 14.8 Å². The monoisotopic (exact) mass is 470 g/mol. The van der Waals surface area contributed by atoms with Gasteiger partial charge in [0, 0.05) is 41.5 Å². The molecule has 1 aliphatic rings. The van der Waals surface area contributed by atoms with Crippen LogP contribution in [0.1, 0.15) is 54.8 Å². The third kappa shape index (κ3) is 5.08. The fourth-order valence-corrected chi connectivity index (χ4v) is 4.42. The van der Waals surface area contributed by atoms with Crippen LogP contribution in [-0.2, 0) is 4.84 Å². The van der Waals surface area contributed by atoms with Crippen LogP contribution in [0, 0.1) is 0 Å². The van der Waals surface area contributed by atoms with Crippen LogP contribution in [0.4, 0.5) is 0 Å². The van der Waals surface area contributed by atoms with Crippen LogP contribution in [0.2, 0.25) is 0 Å². The largest absolute Gasteiger partial charge is 0.298 e. The van der Waals surface area contributed by atoms with E-state index in [-0.39, 0.29) is 18.1 Å². The number of amides is 1. The minimum absolute atomic E-state index is 0.0703. The van der Waals surface area contributed by atoms with E-state index in [1.165, 1.54) is 0 Å². The Labute approximate surface area is 204 Å². The predicted octanol–water partition coefficient (Wildman–Crippen LogP) is 4.57. The molecule has 1 aliphatic heterocycles. The number of nitrogens with zero attached hydrogens (tertiary/aromatic N) is 5. The molecule has 8 nitrogen and oxygen atoms in total. The molecule has 180 valence electrons. The second kappa shape index (κ2) is 9.93. The lowest BCUT2D eigenvalue weighted by molar-refractivity contribution is -0.0542. The summed E-state index contributed by atoms with van der Waals surface area (Å²) in [6.07, 6.45) is 7.23. The van der Waals surface area contributed by atoms with Crippen LogP contribution in [0.25, 0.3) is 22.2 Å². The molecule has 0 aliphatic carbocycles. The lowest BCUT2D eigenvalue weighted by atomic mass is 9.96. The first kappa shape index (κ1) is 23.1. The number of hydroxylamine groups is 1. The van der Waals surface area contributed by atoms with E-state index in [1.807, 2.05) is 47.5 Å². The number of nitrogens with one attached hydrogen (secondary N) is 1. The van der Waals surface area contributed by atoms with Gasteiger partial charge in [-0.3, -0.25) is 24.2 Å². The molecule has 1 amide bonds. The van der Waals surface area contributed by atoms with Crippen LogP contribution in [0.15, 0.2) is 67.1 Å². The molecule has 0 spiro atoms. The molecule has 1 aromatic carbocycles. The molecular formula is C27H30N6O2. The van der Waals surface area contributed by atoms with Crippen molar-refractivity contribution in [2.24, 2.45) is 0 Å². The van der Waals surface area contributed by atoms with Gasteiger partial charge in [-0.05, 0) is 64.1 Å². The van der Waals surface area contributed by atoms with Gasteiger partial charge in [0.05, 0.1) is 35.2 Å². The Hall–Kier alpha value is -3.62. The molecule has 0 bridgehead atoms. The zero-order valence-electron chi connectivity index (χ0n) is 20.3. The first-order valence-electron chi connectivity index (χ1n) is 12.0. The first-order valence-corrected chi connectivity index (χ1v) is 12.0. The average Bonchev–Trinajstić information content (AvgIpc) is 3.39. The number of carbonyl (C=O) groups excluding carboxylic acids is 1. The van der Waals surface area contributed by atoms with Gasteiger partial charge in [0.2, 0.25) is 0 Å². The summed E-state index contributed by atoms with van der Waals surface area (Å²) in [7, 11) is 2.10. The van der Waals surface area contributed by atoms with Crippen molar-refractivity contribution in [3.63, 3.8) is 0 Å². The highest BCUT2D eigenvalue weighted by Gasteiger charge is 2.30. The van der Waals surface area contributed by atoms with Crippen LogP contribution < -0.4 is 5.48 Å². The fourth-order valence-electron chi connectivity index (χ4n) is 4.42. The summed E-state index contributed by atoms with van der Waals surface area (Å²) in [5, 5.41) is 5.44. The van der Waals surface area contributed by atoms with Crippen molar-refractivity contribution < 1.29 is 9.63 Å². The molecule has 0 saturated carbocycles. The second-order valence-corrected chi connectivity index (χ2v) is 9.36. The zero-order valence-corrected chi connectivity index (χ0v) is 20.3. The van der Waals surface area contributed by atoms with Crippen molar-refractivity contribution in [1.29, 1.82) is 0 Å². The molecule has 2 unspecified atom stereocenters. The quantitative estimate of drug-likeness (QED) is 0.416. The summed E-state index contributed by atoms with van der Waals surface area (Å²) in [4.78, 5) is 30.1. The topological polar surface area (TPSA) is 85.2 Å². The smallest absolute Gasteiger partial charge is 0.274 e. The Balaban J connectivity index is 1.32. The Kier molecular flexibility index (Phi) is 6.57. The summed E-state index contributed by atoms with van der Waals surface area (Å²) in [6, 6.07) is 15.6. The SMILES string of the molecule is CC(C)n1cc(-c2ccc3cnc(C4CC(ONC(=O)c5ccccc5)CCN4C)cc3n2)cn1. The lowest BCUT2D eigenvalue weighted by Crippen LogP contribution is -2.40. The van der Waals surface area contributed by atoms with Gasteiger partial charge in [-0.1, -0.05) is 18.2 Å². The summed E-state index contributed by atoms with van der Waals surface area (Å²) < 4.78 is 1.94. The zero-order chi connectivity index (χ0) is 24.4. The molecule has 1 saturated heterocycles. The highest BCUT2D eigenvalue weighted by molar-refractivity contribution is 5.93. The van der Waals surface area contributed by atoms with Gasteiger partial charge < -0.3 is 0 Å². The highest BCUT2D eigenvalue weighted by Crippen LogP contribution is 2.31. The molecule has 0 radical (unpaired) electrons. The van der Waals surface area contributed by atoms with Gasteiger partial charge in [0.1, 0.15) is 0 Å². The third-order valence-electron chi connectivity index (χ3n) is 6.54. The normalized spacial score (nSPS) is 18.7. The minimum Gasteiger partial charge on any atom is -0.298 e. The molecule has 4 aromatic rings. The molecule has 1 fully saturated rings. The van der Waals surface area contributed by atoms with Gasteiger partial charge in [0.25, 0.3) is 5.91 Å². The van der Waals surface area contributed by atoms with Crippen LogP contribution in [-0.4, -0.2) is 50.3 Å². The Morgan fingerprint density at radius 2 is 1.97 bits per heavy atom. The molecule has 5 rings (SSSR count). The van der Waals surface area contributed by atoms with E-state index < -0.39 is 0 Å². The standard InChI is InChI=1S/C27H30N6O2/c1-18(2)33-17-21(16-29-33)23-10-9-20-15-28-25(14-24(20)30-23)26-13-22(11-12-32(26)3)35-31-27(34)19-7-5-4-6-8-19/h4-10,14-18,22,26H,11-13H2,1-3H3,(H,31,34). The summed E-state index contributed by atoms with van der Waals surface area (Å²) >= 11 is 0. The average molecular weight is 471 g/mol. The van der Waals surface area contributed by atoms with Crippen molar-refractivity contribution in [2.75, 3.05) is 13.6 Å². The maximum absolute atomic E-state index is 12.4. The number of hydrogen-bond donors (Lipinski definition) is 1. The fraction of sp³-hybridized carbons (Fsp3) is 0.333. The summed E-state index contributed by atoms with van der Waals surface area (Å²) in [5.74, 6) is -0.234. The second-order valence-electron chi connectivity index (χ2n) is 9.36. The Morgan fingerprint density at radius 3 is 2.74 bits per heavy atom. The Morgan fingerprint density at radius 1 is 1.14 bits per heavy atom. The maximum Gasteiger partial charge on any atom is 0.274 e. The molecule has 35 heavy (non-hydrogen) atoms. The van der Waals surface area contributed by atoms with Gasteiger partial charge in [0.15, 0.2) is 0 Å². The van der Waals surface area contributed by atoms with E-state index in [9.17, 15) is 4.79 Å². The summed E-state index contributed by atoms with van der Waals surface area (Å²) in [6.45, 7) is 5.05. The van der Waals surface area contributed by atoms with E-state index in [1.54, 1.807) is 12.1 Å². The highest BCUT2D eigenvalue weighted by atomic mass is 16.7. The number of aromatic nitrogens is 4. The van der Waals surface area contributed by atoms with E-state index >= 15 is 0 Å². The molecule has 2 atom stereocenters. The van der Waals surface area contributed by atoms with Crippen molar-refractivity contribution in [1.82, 2.24) is 30.1 Å². The van der Waals surface area contributed by atoms with E-state index in [0.29, 0.717) is 11.6 Å². The molecule has 1 N–H and O–H groups in total. The summed E-state index contributed by atoms with van der Waals surface area (Å²) in [5.41, 5.74) is 6.94. The first-order chi connectivity index (χ1) is 17.0. The Bertz CT molecular complexity index is 1320. The lowest BCUT2D eigenvalue weighted by Gasteiger charge is -2.36. The maximum atomic E-state index is 12.4. The van der Waals surface area contributed by atoms with Gasteiger partial charge in [-0.25, -0.2) is 10.5 Å². The molecular weight excluding hydrogens is 440 g/mol. The minimum atomic E-state index is -0.234. The number of piperidine rings is 1. The van der Waals surface area contributed by atoms with E-state index in [0.717, 1.165) is 47.2 Å².